The molecule has 11 heteroatoms. The highest BCUT2D eigenvalue weighted by molar-refractivity contribution is 5.91. The summed E-state index contributed by atoms with van der Waals surface area (Å²) in [6.07, 6.45) is -5.06. The molecule has 5 N–H and O–H groups in total. The number of carbonyl (C=O) groups is 1. The fraction of sp³-hybridized carbons (Fsp3) is 0.357. The van der Waals surface area contributed by atoms with Crippen molar-refractivity contribution in [3.63, 3.8) is 0 Å². The van der Waals surface area contributed by atoms with Crippen molar-refractivity contribution in [2.45, 2.75) is 64.8 Å². The predicted molar refractivity (Wildman–Crippen MR) is 139 cm³/mol. The summed E-state index contributed by atoms with van der Waals surface area (Å²) in [4.78, 5) is 25.2. The first-order valence-electron chi connectivity index (χ1n) is 12.2. The molecule has 0 spiro atoms. The van der Waals surface area contributed by atoms with Gasteiger partial charge >= 0.3 is 5.97 Å². The quantitative estimate of drug-likeness (QED) is 0.229. The van der Waals surface area contributed by atoms with E-state index < -0.39 is 53.6 Å². The maximum atomic E-state index is 13.8. The maximum Gasteiger partial charge on any atom is 0.303 e. The van der Waals surface area contributed by atoms with Crippen molar-refractivity contribution >= 4 is 16.9 Å². The summed E-state index contributed by atoms with van der Waals surface area (Å²) in [5, 5.41) is 52.0. The van der Waals surface area contributed by atoms with Gasteiger partial charge in [-0.25, -0.2) is 0 Å². The van der Waals surface area contributed by atoms with Crippen molar-refractivity contribution in [2.24, 2.45) is 0 Å². The fourth-order valence-electron chi connectivity index (χ4n) is 4.36. The number of benzene rings is 2. The molecule has 1 saturated heterocycles. The van der Waals surface area contributed by atoms with Crippen LogP contribution in [-0.2, 0) is 20.7 Å². The minimum absolute atomic E-state index is 0.0524. The van der Waals surface area contributed by atoms with E-state index in [-0.39, 0.29) is 45.8 Å². The first-order chi connectivity index (χ1) is 18.4. The molecular weight excluding hydrogens is 512 g/mol. The normalized spacial score (nSPS) is 22.9. The summed E-state index contributed by atoms with van der Waals surface area (Å²) in [6.45, 7) is 6.36. The fourth-order valence-corrected chi connectivity index (χ4v) is 4.36. The van der Waals surface area contributed by atoms with Crippen molar-refractivity contribution < 1.29 is 49.0 Å². The van der Waals surface area contributed by atoms with Gasteiger partial charge in [-0.3, -0.25) is 9.59 Å². The van der Waals surface area contributed by atoms with E-state index in [1.165, 1.54) is 31.2 Å². The van der Waals surface area contributed by atoms with E-state index in [0.717, 1.165) is 18.6 Å². The molecule has 0 saturated carbocycles. The Bertz CT molecular complexity index is 1470. The zero-order valence-electron chi connectivity index (χ0n) is 21.7. The number of phenols is 3. The monoisotopic (exact) mass is 542 g/mol. The summed E-state index contributed by atoms with van der Waals surface area (Å²) in [7, 11) is 0. The third kappa shape index (κ3) is 5.56. The minimum atomic E-state index is -1.74. The van der Waals surface area contributed by atoms with E-state index >= 15 is 0 Å². The Morgan fingerprint density at radius 3 is 2.31 bits per heavy atom. The molecule has 39 heavy (non-hydrogen) atoms. The van der Waals surface area contributed by atoms with Crippen LogP contribution in [0.2, 0.25) is 0 Å². The summed E-state index contributed by atoms with van der Waals surface area (Å²) in [6, 6.07) is 6.65. The number of fused-ring (bicyclic) bond motifs is 1. The number of rotatable bonds is 6. The minimum Gasteiger partial charge on any atom is -0.508 e. The van der Waals surface area contributed by atoms with Crippen LogP contribution < -0.4 is 10.2 Å². The second kappa shape index (κ2) is 11.0. The Labute approximate surface area is 223 Å². The van der Waals surface area contributed by atoms with Gasteiger partial charge in [0.1, 0.15) is 40.4 Å². The molecule has 1 fully saturated rings. The van der Waals surface area contributed by atoms with Gasteiger partial charge in [0.2, 0.25) is 17.5 Å². The van der Waals surface area contributed by atoms with Gasteiger partial charge in [0.05, 0.1) is 6.10 Å². The van der Waals surface area contributed by atoms with Crippen molar-refractivity contribution in [3.8, 4) is 34.3 Å². The van der Waals surface area contributed by atoms with Crippen molar-refractivity contribution in [1.82, 2.24) is 0 Å². The van der Waals surface area contributed by atoms with Gasteiger partial charge in [0.25, 0.3) is 0 Å². The van der Waals surface area contributed by atoms with E-state index in [0.29, 0.717) is 0 Å². The van der Waals surface area contributed by atoms with Gasteiger partial charge in [-0.1, -0.05) is 11.6 Å². The molecule has 0 amide bonds. The van der Waals surface area contributed by atoms with Crippen LogP contribution in [0.5, 0.6) is 23.0 Å². The van der Waals surface area contributed by atoms with Crippen molar-refractivity contribution in [3.05, 3.63) is 57.8 Å². The Kier molecular flexibility index (Phi) is 7.86. The molecule has 1 aliphatic rings. The van der Waals surface area contributed by atoms with Gasteiger partial charge in [-0.05, 0) is 51.5 Å². The van der Waals surface area contributed by atoms with E-state index in [1.54, 1.807) is 0 Å². The molecule has 11 nitrogen and oxygen atoms in total. The smallest absolute Gasteiger partial charge is 0.303 e. The Morgan fingerprint density at radius 2 is 1.69 bits per heavy atom. The van der Waals surface area contributed by atoms with Gasteiger partial charge in [0.15, 0.2) is 11.9 Å². The number of allylic oxidation sites excluding steroid dienone is 2. The first-order valence-corrected chi connectivity index (χ1v) is 12.2. The predicted octanol–water partition coefficient (Wildman–Crippen LogP) is 2.86. The summed E-state index contributed by atoms with van der Waals surface area (Å²) < 4.78 is 22.6. The zero-order chi connectivity index (χ0) is 28.6. The summed E-state index contributed by atoms with van der Waals surface area (Å²) >= 11 is 0. The molecule has 0 bridgehead atoms. The number of esters is 1. The van der Waals surface area contributed by atoms with E-state index in [2.05, 4.69) is 0 Å². The molecule has 0 aliphatic carbocycles. The highest BCUT2D eigenvalue weighted by Crippen LogP contribution is 2.40. The molecule has 2 aromatic carbocycles. The molecule has 2 heterocycles. The molecule has 208 valence electrons. The van der Waals surface area contributed by atoms with Crippen molar-refractivity contribution in [2.75, 3.05) is 0 Å². The lowest BCUT2D eigenvalue weighted by molar-refractivity contribution is -0.272. The number of hydrogen-bond donors (Lipinski definition) is 5. The van der Waals surface area contributed by atoms with Crippen LogP contribution in [0.25, 0.3) is 22.3 Å². The highest BCUT2D eigenvalue weighted by Gasteiger charge is 2.46. The average Bonchev–Trinajstić information content (AvgIpc) is 2.86. The van der Waals surface area contributed by atoms with Crippen LogP contribution in [0.15, 0.2) is 51.2 Å². The van der Waals surface area contributed by atoms with Crippen LogP contribution in [0.4, 0.5) is 0 Å². The van der Waals surface area contributed by atoms with Crippen LogP contribution >= 0.6 is 0 Å². The lowest BCUT2D eigenvalue weighted by Crippen LogP contribution is -2.59. The Hall–Kier alpha value is -4.06. The van der Waals surface area contributed by atoms with E-state index in [9.17, 15) is 35.1 Å². The van der Waals surface area contributed by atoms with Crippen LogP contribution in [-0.4, -0.2) is 62.2 Å². The zero-order valence-corrected chi connectivity index (χ0v) is 21.7. The number of carbonyl (C=O) groups excluding carboxylic acids is 1. The number of hydrogen-bond acceptors (Lipinski definition) is 11. The largest absolute Gasteiger partial charge is 0.508 e. The van der Waals surface area contributed by atoms with Crippen LogP contribution in [0.1, 0.15) is 33.3 Å². The molecular formula is C28H30O11. The molecule has 0 radical (unpaired) electrons. The lowest BCUT2D eigenvalue weighted by Gasteiger charge is -2.40. The number of phenolic OH excluding ortho intramolecular Hbond substituents is 3. The third-order valence-electron chi connectivity index (χ3n) is 6.34. The highest BCUT2D eigenvalue weighted by atomic mass is 16.7. The van der Waals surface area contributed by atoms with Gasteiger partial charge in [-0.2, -0.15) is 0 Å². The summed E-state index contributed by atoms with van der Waals surface area (Å²) in [5.41, 5.74) is 0.554. The molecule has 1 aliphatic heterocycles. The Morgan fingerprint density at radius 1 is 1.03 bits per heavy atom. The third-order valence-corrected chi connectivity index (χ3v) is 6.34. The van der Waals surface area contributed by atoms with Crippen molar-refractivity contribution in [1.29, 1.82) is 0 Å². The molecule has 0 unspecified atom stereocenters. The molecule has 4 rings (SSSR count). The first kappa shape index (κ1) is 28.0. The van der Waals surface area contributed by atoms with Gasteiger partial charge in [-0.15, -0.1) is 0 Å². The molecule has 1 aromatic heterocycles. The number of aliphatic hydroxyl groups is 2. The maximum absolute atomic E-state index is 13.8. The lowest BCUT2D eigenvalue weighted by atomic mass is 9.99. The second-order valence-electron chi connectivity index (χ2n) is 9.60. The standard InChI is InChI=1S/C28H30O11/c1-12(2)5-10-17-18(31)11-19(32)20-21(33)27(25(38-26(17)20)15-6-8-16(30)9-7-15)39-28-23(35)22(34)24(13(3)36-28)37-14(4)29/h5-9,11,13,22-24,28,30-32,34-35H,10H2,1-4H3/t13-,22-,23+,24-,28+/m0/s1. The van der Waals surface area contributed by atoms with E-state index in [1.807, 2.05) is 19.9 Å². The topological polar surface area (TPSA) is 176 Å². The van der Waals surface area contributed by atoms with Crippen LogP contribution in [0.3, 0.4) is 0 Å². The Balaban J connectivity index is 1.90. The van der Waals surface area contributed by atoms with Crippen LogP contribution in [0, 0.1) is 0 Å². The van der Waals surface area contributed by atoms with E-state index in [4.69, 9.17) is 18.6 Å². The number of aromatic hydroxyl groups is 3. The average molecular weight is 543 g/mol. The SMILES string of the molecule is CC(=O)O[C@@H]1[C@@H](O)[C@@H](O)[C@@H](Oc2c(-c3ccc(O)cc3)oc3c(CC=C(C)C)c(O)cc(O)c3c2=O)O[C@H]1C. The molecule has 5 atom stereocenters. The second-order valence-corrected chi connectivity index (χ2v) is 9.60. The molecule has 3 aromatic rings. The van der Waals surface area contributed by atoms with Gasteiger partial charge < -0.3 is 44.2 Å². The van der Waals surface area contributed by atoms with Gasteiger partial charge in [0, 0.05) is 24.1 Å². The number of ether oxygens (including phenoxy) is 3. The summed E-state index contributed by atoms with van der Waals surface area (Å²) in [5.74, 6) is -2.19. The number of aliphatic hydroxyl groups excluding tert-OH is 2.